The zero-order valence-electron chi connectivity index (χ0n) is 17.5. The van der Waals surface area contributed by atoms with E-state index in [1.165, 1.54) is 0 Å². The number of carbonyl (C=O) groups excluding carboxylic acids is 2. The van der Waals surface area contributed by atoms with Gasteiger partial charge in [0, 0.05) is 57.1 Å². The van der Waals surface area contributed by atoms with Crippen LogP contribution in [0.5, 0.6) is 0 Å². The first-order valence-electron chi connectivity index (χ1n) is 10.1. The number of nitrogens with zero attached hydrogens (tertiary/aromatic N) is 4. The first-order valence-corrected chi connectivity index (χ1v) is 10.1. The molecule has 0 aliphatic carbocycles. The summed E-state index contributed by atoms with van der Waals surface area (Å²) in [6, 6.07) is 14.9. The van der Waals surface area contributed by atoms with E-state index >= 15 is 0 Å². The largest absolute Gasteiger partial charge is 0.363 e. The van der Waals surface area contributed by atoms with Crippen LogP contribution in [-0.4, -0.2) is 47.4 Å². The van der Waals surface area contributed by atoms with Gasteiger partial charge in [-0.05, 0) is 23.8 Å². The molecule has 1 atom stereocenters. The van der Waals surface area contributed by atoms with Gasteiger partial charge in [0.15, 0.2) is 5.82 Å². The van der Waals surface area contributed by atoms with Crippen molar-refractivity contribution in [2.24, 2.45) is 0 Å². The number of hydrogen-bond acceptors (Lipinski definition) is 6. The zero-order valence-corrected chi connectivity index (χ0v) is 17.5. The first-order chi connectivity index (χ1) is 15.0. The lowest BCUT2D eigenvalue weighted by atomic mass is 9.90. The minimum absolute atomic E-state index is 0.144. The molecule has 3 heterocycles. The molecule has 1 aromatic carbocycles. The van der Waals surface area contributed by atoms with Gasteiger partial charge in [0.05, 0.1) is 5.92 Å². The average molecular weight is 416 g/mol. The van der Waals surface area contributed by atoms with Crippen molar-refractivity contribution >= 4 is 23.3 Å². The van der Waals surface area contributed by atoms with E-state index in [0.717, 1.165) is 17.1 Å². The summed E-state index contributed by atoms with van der Waals surface area (Å²) in [6.45, 7) is 0.407. The number of amides is 2. The molecule has 0 saturated heterocycles. The Hall–Kier alpha value is -3.81. The summed E-state index contributed by atoms with van der Waals surface area (Å²) in [5.74, 6) is 0.525. The lowest BCUT2D eigenvalue weighted by Crippen LogP contribution is -2.36. The molecule has 0 bridgehead atoms. The second-order valence-electron chi connectivity index (χ2n) is 7.58. The third-order valence-corrected chi connectivity index (χ3v) is 5.11. The predicted octanol–water partition coefficient (Wildman–Crippen LogP) is 2.39. The number of carbonyl (C=O) groups is 2. The number of para-hydroxylation sites is 1. The van der Waals surface area contributed by atoms with E-state index in [0.29, 0.717) is 30.2 Å². The van der Waals surface area contributed by atoms with Crippen molar-refractivity contribution in [1.29, 1.82) is 0 Å². The summed E-state index contributed by atoms with van der Waals surface area (Å²) >= 11 is 0. The molecule has 0 unspecified atom stereocenters. The molecule has 2 N–H and O–H groups in total. The third kappa shape index (κ3) is 4.69. The van der Waals surface area contributed by atoms with E-state index in [9.17, 15) is 9.59 Å². The molecule has 8 heteroatoms. The quantitative estimate of drug-likeness (QED) is 0.640. The van der Waals surface area contributed by atoms with Crippen LogP contribution < -0.4 is 15.5 Å². The van der Waals surface area contributed by atoms with E-state index in [4.69, 9.17) is 0 Å². The van der Waals surface area contributed by atoms with Crippen LogP contribution in [0.1, 0.15) is 23.6 Å². The van der Waals surface area contributed by atoms with Crippen molar-refractivity contribution < 1.29 is 9.59 Å². The lowest BCUT2D eigenvalue weighted by Gasteiger charge is -2.24. The summed E-state index contributed by atoms with van der Waals surface area (Å²) < 4.78 is 0. The number of nitrogens with one attached hydrogen (secondary N) is 2. The fraction of sp³-hybridized carbons (Fsp3) is 0.261. The molecule has 4 rings (SSSR count). The minimum atomic E-state index is -0.489. The molecule has 0 saturated carbocycles. The van der Waals surface area contributed by atoms with E-state index in [1.54, 1.807) is 6.20 Å². The topological polar surface area (TPSA) is 100 Å². The Morgan fingerprint density at radius 2 is 1.97 bits per heavy atom. The molecule has 31 heavy (non-hydrogen) atoms. The first kappa shape index (κ1) is 20.5. The van der Waals surface area contributed by atoms with Crippen LogP contribution in [0.4, 0.5) is 11.5 Å². The fourth-order valence-corrected chi connectivity index (χ4v) is 3.53. The molecule has 0 fully saturated rings. The maximum Gasteiger partial charge on any atom is 0.228 e. The number of hydrogen-bond donors (Lipinski definition) is 2. The SMILES string of the molecule is CN(C)c1cc(CCNC(=O)[C@@H]2CC(=O)Nc3ccccc32)nc(-c2ccccn2)n1. The second-order valence-corrected chi connectivity index (χ2v) is 7.58. The van der Waals surface area contributed by atoms with Crippen LogP contribution in [0, 0.1) is 0 Å². The minimum Gasteiger partial charge on any atom is -0.363 e. The average Bonchev–Trinajstić information content (AvgIpc) is 2.78. The van der Waals surface area contributed by atoms with E-state index in [1.807, 2.05) is 67.5 Å². The normalized spacial score (nSPS) is 15.0. The summed E-state index contributed by atoms with van der Waals surface area (Å²) in [6.07, 6.45) is 2.39. The smallest absolute Gasteiger partial charge is 0.228 e. The molecule has 1 aliphatic heterocycles. The molecule has 2 aromatic heterocycles. The van der Waals surface area contributed by atoms with Gasteiger partial charge < -0.3 is 15.5 Å². The Balaban J connectivity index is 1.47. The highest BCUT2D eigenvalue weighted by Crippen LogP contribution is 2.32. The van der Waals surface area contributed by atoms with E-state index in [2.05, 4.69) is 25.6 Å². The summed E-state index contributed by atoms with van der Waals surface area (Å²) in [4.78, 5) is 40.3. The molecule has 158 valence electrons. The Bertz CT molecular complexity index is 1100. The molecule has 1 aliphatic rings. The zero-order chi connectivity index (χ0) is 21.8. The number of rotatable bonds is 6. The predicted molar refractivity (Wildman–Crippen MR) is 119 cm³/mol. The van der Waals surface area contributed by atoms with E-state index in [-0.39, 0.29) is 18.2 Å². The van der Waals surface area contributed by atoms with Crippen LogP contribution in [0.15, 0.2) is 54.7 Å². The number of anilines is 2. The molecular formula is C23H24N6O2. The second kappa shape index (κ2) is 8.91. The Morgan fingerprint density at radius 3 is 2.74 bits per heavy atom. The van der Waals surface area contributed by atoms with Crippen molar-refractivity contribution in [3.63, 3.8) is 0 Å². The monoisotopic (exact) mass is 416 g/mol. The number of pyridine rings is 1. The number of benzene rings is 1. The lowest BCUT2D eigenvalue weighted by molar-refractivity contribution is -0.126. The summed E-state index contributed by atoms with van der Waals surface area (Å²) in [5, 5.41) is 5.78. The number of aromatic nitrogens is 3. The molecule has 0 spiro atoms. The van der Waals surface area contributed by atoms with Gasteiger partial charge in [0.1, 0.15) is 11.5 Å². The maximum atomic E-state index is 12.8. The fourth-order valence-electron chi connectivity index (χ4n) is 3.53. The highest BCUT2D eigenvalue weighted by atomic mass is 16.2. The van der Waals surface area contributed by atoms with Crippen molar-refractivity contribution in [3.8, 4) is 11.5 Å². The van der Waals surface area contributed by atoms with Gasteiger partial charge in [-0.2, -0.15) is 0 Å². The van der Waals surface area contributed by atoms with Gasteiger partial charge in [-0.15, -0.1) is 0 Å². The van der Waals surface area contributed by atoms with E-state index < -0.39 is 5.92 Å². The highest BCUT2D eigenvalue weighted by molar-refractivity contribution is 6.01. The molecular weight excluding hydrogens is 392 g/mol. The van der Waals surface area contributed by atoms with Gasteiger partial charge >= 0.3 is 0 Å². The highest BCUT2D eigenvalue weighted by Gasteiger charge is 2.30. The van der Waals surface area contributed by atoms with Gasteiger partial charge in [0.2, 0.25) is 11.8 Å². The van der Waals surface area contributed by atoms with Gasteiger partial charge in [-0.3, -0.25) is 14.6 Å². The van der Waals surface area contributed by atoms with Gasteiger partial charge in [-0.25, -0.2) is 9.97 Å². The van der Waals surface area contributed by atoms with Crippen molar-refractivity contribution in [3.05, 3.63) is 66.0 Å². The van der Waals surface area contributed by atoms with Gasteiger partial charge in [0.25, 0.3) is 0 Å². The molecule has 2 amide bonds. The van der Waals surface area contributed by atoms with Crippen LogP contribution in [0.3, 0.4) is 0 Å². The number of fused-ring (bicyclic) bond motifs is 1. The Labute approximate surface area is 180 Å². The molecule has 0 radical (unpaired) electrons. The third-order valence-electron chi connectivity index (χ3n) is 5.11. The Morgan fingerprint density at radius 1 is 1.16 bits per heavy atom. The van der Waals surface area contributed by atoms with Gasteiger partial charge in [-0.1, -0.05) is 24.3 Å². The summed E-state index contributed by atoms with van der Waals surface area (Å²) in [7, 11) is 3.84. The standard InChI is InChI=1S/C23H24N6O2/c1-29(2)20-13-15(26-22(28-20)19-9-5-6-11-24-19)10-12-25-23(31)17-14-21(30)27-18-8-4-3-7-16(17)18/h3-9,11,13,17H,10,12,14H2,1-2H3,(H,25,31)(H,27,30)/t17-/m1/s1. The van der Waals surface area contributed by atoms with Crippen LogP contribution in [0.25, 0.3) is 11.5 Å². The van der Waals surface area contributed by atoms with Crippen molar-refractivity contribution in [2.45, 2.75) is 18.8 Å². The molecule has 8 nitrogen and oxygen atoms in total. The Kier molecular flexibility index (Phi) is 5.88. The van der Waals surface area contributed by atoms with Crippen LogP contribution in [-0.2, 0) is 16.0 Å². The van der Waals surface area contributed by atoms with Crippen LogP contribution in [0.2, 0.25) is 0 Å². The van der Waals surface area contributed by atoms with Crippen molar-refractivity contribution in [2.75, 3.05) is 30.9 Å². The summed E-state index contributed by atoms with van der Waals surface area (Å²) in [5.41, 5.74) is 3.04. The maximum absolute atomic E-state index is 12.8. The molecule has 3 aromatic rings. The van der Waals surface area contributed by atoms with Crippen molar-refractivity contribution in [1.82, 2.24) is 20.3 Å². The van der Waals surface area contributed by atoms with Crippen LogP contribution >= 0.6 is 0 Å².